The van der Waals surface area contributed by atoms with Crippen LogP contribution in [0, 0.1) is 0 Å². The molecular weight excluding hydrogens is 258 g/mol. The number of hydrogen-bond donors (Lipinski definition) is 2. The SMILES string of the molecule is NC(=S)c1cccc(CNC(=O)c2cccnc2)c1. The van der Waals surface area contributed by atoms with Crippen LogP contribution in [0.25, 0.3) is 0 Å². The van der Waals surface area contributed by atoms with Gasteiger partial charge in [-0.25, -0.2) is 0 Å². The van der Waals surface area contributed by atoms with Gasteiger partial charge in [-0.1, -0.05) is 30.4 Å². The number of hydrogen-bond acceptors (Lipinski definition) is 3. The van der Waals surface area contributed by atoms with Crippen molar-refractivity contribution in [1.82, 2.24) is 10.3 Å². The molecule has 0 atom stereocenters. The van der Waals surface area contributed by atoms with Crippen LogP contribution >= 0.6 is 12.2 Å². The van der Waals surface area contributed by atoms with E-state index in [1.165, 1.54) is 6.20 Å². The Balaban J connectivity index is 2.01. The second-order valence-corrected chi connectivity index (χ2v) is 4.43. The summed E-state index contributed by atoms with van der Waals surface area (Å²) in [6, 6.07) is 10.9. The van der Waals surface area contributed by atoms with Crippen LogP contribution in [0.2, 0.25) is 0 Å². The highest BCUT2D eigenvalue weighted by atomic mass is 32.1. The third-order valence-electron chi connectivity index (χ3n) is 2.59. The van der Waals surface area contributed by atoms with Crippen LogP contribution in [0.4, 0.5) is 0 Å². The Hall–Kier alpha value is -2.27. The van der Waals surface area contributed by atoms with Crippen molar-refractivity contribution in [1.29, 1.82) is 0 Å². The molecule has 5 heteroatoms. The summed E-state index contributed by atoms with van der Waals surface area (Å²) in [5.41, 5.74) is 7.84. The van der Waals surface area contributed by atoms with Crippen LogP contribution in [0.1, 0.15) is 21.5 Å². The fourth-order valence-electron chi connectivity index (χ4n) is 1.62. The molecule has 1 amide bonds. The van der Waals surface area contributed by atoms with E-state index in [9.17, 15) is 4.79 Å². The van der Waals surface area contributed by atoms with Crippen LogP contribution < -0.4 is 11.1 Å². The maximum atomic E-state index is 11.8. The van der Waals surface area contributed by atoms with Gasteiger partial charge >= 0.3 is 0 Å². The van der Waals surface area contributed by atoms with E-state index in [0.29, 0.717) is 17.1 Å². The number of benzene rings is 1. The van der Waals surface area contributed by atoms with E-state index >= 15 is 0 Å². The molecular formula is C14H13N3OS. The van der Waals surface area contributed by atoms with Gasteiger partial charge in [-0.2, -0.15) is 0 Å². The number of pyridine rings is 1. The number of rotatable bonds is 4. The molecule has 0 saturated carbocycles. The van der Waals surface area contributed by atoms with Gasteiger partial charge in [0.1, 0.15) is 4.99 Å². The lowest BCUT2D eigenvalue weighted by atomic mass is 10.1. The molecule has 0 aliphatic heterocycles. The first-order chi connectivity index (χ1) is 9.16. The molecule has 2 rings (SSSR count). The molecule has 0 fully saturated rings. The number of carbonyl (C=O) groups excluding carboxylic acids is 1. The fourth-order valence-corrected chi connectivity index (χ4v) is 1.74. The zero-order chi connectivity index (χ0) is 13.7. The highest BCUT2D eigenvalue weighted by Crippen LogP contribution is 2.05. The molecule has 0 aliphatic carbocycles. The van der Waals surface area contributed by atoms with Crippen molar-refractivity contribution in [3.8, 4) is 0 Å². The second-order valence-electron chi connectivity index (χ2n) is 3.99. The van der Waals surface area contributed by atoms with Crippen molar-refractivity contribution in [3.63, 3.8) is 0 Å². The Morgan fingerprint density at radius 3 is 2.74 bits per heavy atom. The highest BCUT2D eigenvalue weighted by Gasteiger charge is 2.05. The van der Waals surface area contributed by atoms with Crippen LogP contribution in [-0.2, 0) is 6.54 Å². The average Bonchev–Trinajstić information content (AvgIpc) is 2.46. The summed E-state index contributed by atoms with van der Waals surface area (Å²) < 4.78 is 0. The largest absolute Gasteiger partial charge is 0.389 e. The minimum Gasteiger partial charge on any atom is -0.389 e. The van der Waals surface area contributed by atoms with Crippen molar-refractivity contribution in [2.45, 2.75) is 6.54 Å². The van der Waals surface area contributed by atoms with Crippen molar-refractivity contribution in [2.24, 2.45) is 5.73 Å². The molecule has 4 nitrogen and oxygen atoms in total. The summed E-state index contributed by atoms with van der Waals surface area (Å²) in [5, 5.41) is 2.82. The number of nitrogens with one attached hydrogen (secondary N) is 1. The average molecular weight is 271 g/mol. The predicted octanol–water partition coefficient (Wildman–Crippen LogP) is 1.65. The predicted molar refractivity (Wildman–Crippen MR) is 77.7 cm³/mol. The van der Waals surface area contributed by atoms with E-state index in [1.54, 1.807) is 18.3 Å². The summed E-state index contributed by atoms with van der Waals surface area (Å²) in [6.45, 7) is 0.421. The van der Waals surface area contributed by atoms with Gasteiger partial charge in [0.15, 0.2) is 0 Å². The lowest BCUT2D eigenvalue weighted by Crippen LogP contribution is -2.23. The Bertz CT molecular complexity index is 599. The minimum absolute atomic E-state index is 0.158. The summed E-state index contributed by atoms with van der Waals surface area (Å²) in [6.07, 6.45) is 3.16. The van der Waals surface area contributed by atoms with E-state index < -0.39 is 0 Å². The van der Waals surface area contributed by atoms with E-state index in [4.69, 9.17) is 18.0 Å². The summed E-state index contributed by atoms with van der Waals surface area (Å²) in [5.74, 6) is -0.158. The molecule has 2 aromatic rings. The highest BCUT2D eigenvalue weighted by molar-refractivity contribution is 7.80. The molecule has 1 heterocycles. The first-order valence-corrected chi connectivity index (χ1v) is 6.14. The van der Waals surface area contributed by atoms with Gasteiger partial charge in [-0.3, -0.25) is 9.78 Å². The number of carbonyl (C=O) groups is 1. The van der Waals surface area contributed by atoms with Crippen LogP contribution in [-0.4, -0.2) is 15.9 Å². The van der Waals surface area contributed by atoms with E-state index in [2.05, 4.69) is 10.3 Å². The normalized spacial score (nSPS) is 9.89. The van der Waals surface area contributed by atoms with Gasteiger partial charge in [-0.05, 0) is 23.8 Å². The number of thiocarbonyl (C=S) groups is 1. The minimum atomic E-state index is -0.158. The van der Waals surface area contributed by atoms with E-state index in [-0.39, 0.29) is 5.91 Å². The first kappa shape index (κ1) is 13.2. The Labute approximate surface area is 116 Å². The molecule has 96 valence electrons. The third-order valence-corrected chi connectivity index (χ3v) is 2.82. The molecule has 3 N–H and O–H groups in total. The lowest BCUT2D eigenvalue weighted by Gasteiger charge is -2.06. The van der Waals surface area contributed by atoms with Crippen molar-refractivity contribution in [2.75, 3.05) is 0 Å². The van der Waals surface area contributed by atoms with Crippen LogP contribution in [0.15, 0.2) is 48.8 Å². The Morgan fingerprint density at radius 1 is 1.26 bits per heavy atom. The molecule has 0 saturated heterocycles. The van der Waals surface area contributed by atoms with Crippen LogP contribution in [0.3, 0.4) is 0 Å². The van der Waals surface area contributed by atoms with Crippen molar-refractivity contribution in [3.05, 3.63) is 65.5 Å². The van der Waals surface area contributed by atoms with Gasteiger partial charge in [0, 0.05) is 24.5 Å². The molecule has 0 aliphatic rings. The Kier molecular flexibility index (Phi) is 4.20. The summed E-state index contributed by atoms with van der Waals surface area (Å²) >= 11 is 4.92. The molecule has 1 aromatic heterocycles. The maximum Gasteiger partial charge on any atom is 0.253 e. The molecule has 0 unspecified atom stereocenters. The summed E-state index contributed by atoms with van der Waals surface area (Å²) in [4.78, 5) is 16.1. The molecule has 19 heavy (non-hydrogen) atoms. The quantitative estimate of drug-likeness (QED) is 0.830. The molecule has 1 aromatic carbocycles. The topological polar surface area (TPSA) is 68.0 Å². The van der Waals surface area contributed by atoms with Crippen molar-refractivity contribution < 1.29 is 4.79 Å². The van der Waals surface area contributed by atoms with Gasteiger partial charge in [-0.15, -0.1) is 0 Å². The summed E-state index contributed by atoms with van der Waals surface area (Å²) in [7, 11) is 0. The maximum absolute atomic E-state index is 11.8. The van der Waals surface area contributed by atoms with Gasteiger partial charge in [0.05, 0.1) is 5.56 Å². The zero-order valence-electron chi connectivity index (χ0n) is 10.2. The standard InChI is InChI=1S/C14H13N3OS/c15-13(19)11-4-1-3-10(7-11)8-17-14(18)12-5-2-6-16-9-12/h1-7,9H,8H2,(H2,15,19)(H,17,18). The Morgan fingerprint density at radius 2 is 2.05 bits per heavy atom. The number of nitrogens with zero attached hydrogens (tertiary/aromatic N) is 1. The van der Waals surface area contributed by atoms with E-state index in [1.807, 2.05) is 24.3 Å². The number of nitrogens with two attached hydrogens (primary N) is 1. The molecule has 0 bridgehead atoms. The second kappa shape index (κ2) is 6.06. The molecule has 0 radical (unpaired) electrons. The molecule has 0 spiro atoms. The lowest BCUT2D eigenvalue weighted by molar-refractivity contribution is 0.0950. The number of aromatic nitrogens is 1. The monoisotopic (exact) mass is 271 g/mol. The van der Waals surface area contributed by atoms with Gasteiger partial charge in [0.2, 0.25) is 0 Å². The fraction of sp³-hybridized carbons (Fsp3) is 0.0714. The third kappa shape index (κ3) is 3.59. The smallest absolute Gasteiger partial charge is 0.253 e. The van der Waals surface area contributed by atoms with Crippen molar-refractivity contribution >= 4 is 23.1 Å². The van der Waals surface area contributed by atoms with Gasteiger partial charge < -0.3 is 11.1 Å². The van der Waals surface area contributed by atoms with Gasteiger partial charge in [0.25, 0.3) is 5.91 Å². The van der Waals surface area contributed by atoms with Crippen LogP contribution in [0.5, 0.6) is 0 Å². The zero-order valence-corrected chi connectivity index (χ0v) is 11.0. The first-order valence-electron chi connectivity index (χ1n) is 5.74. The number of amides is 1. The van der Waals surface area contributed by atoms with E-state index in [0.717, 1.165) is 11.1 Å².